The molecule has 4 aromatic rings. The number of benzene rings is 3. The van der Waals surface area contributed by atoms with Crippen LogP contribution in [0.15, 0.2) is 87.8 Å². The van der Waals surface area contributed by atoms with Gasteiger partial charge >= 0.3 is 0 Å². The van der Waals surface area contributed by atoms with Gasteiger partial charge in [-0.3, -0.25) is 14.2 Å². The van der Waals surface area contributed by atoms with Gasteiger partial charge in [0, 0.05) is 18.8 Å². The first-order chi connectivity index (χ1) is 17.5. The van der Waals surface area contributed by atoms with Gasteiger partial charge in [-0.15, -0.1) is 0 Å². The van der Waals surface area contributed by atoms with E-state index in [-0.39, 0.29) is 17.2 Å². The Morgan fingerprint density at radius 3 is 2.44 bits per heavy atom. The number of rotatable bonds is 9. The second kappa shape index (κ2) is 11.7. The molecule has 0 saturated heterocycles. The summed E-state index contributed by atoms with van der Waals surface area (Å²) in [4.78, 5) is 32.8. The Morgan fingerprint density at radius 1 is 1.03 bits per heavy atom. The molecular formula is C28H29N5O2S. The summed E-state index contributed by atoms with van der Waals surface area (Å²) in [7, 11) is 0. The molecule has 7 nitrogen and oxygen atoms in total. The van der Waals surface area contributed by atoms with Gasteiger partial charge < -0.3 is 4.90 Å². The molecule has 1 aromatic heterocycles. The van der Waals surface area contributed by atoms with Crippen LogP contribution in [-0.2, 0) is 4.79 Å². The molecule has 0 aliphatic heterocycles. The van der Waals surface area contributed by atoms with E-state index in [9.17, 15) is 9.59 Å². The molecular weight excluding hydrogens is 470 g/mol. The fourth-order valence-electron chi connectivity index (χ4n) is 3.94. The van der Waals surface area contributed by atoms with Crippen LogP contribution in [0, 0.1) is 6.92 Å². The maximum atomic E-state index is 13.4. The number of thioether (sulfide) groups is 1. The number of anilines is 1. The second-order valence-corrected chi connectivity index (χ2v) is 9.13. The van der Waals surface area contributed by atoms with Crippen LogP contribution in [0.25, 0.3) is 16.6 Å². The highest BCUT2D eigenvalue weighted by Gasteiger charge is 2.15. The molecule has 0 fully saturated rings. The summed E-state index contributed by atoms with van der Waals surface area (Å²) in [6.45, 7) is 8.09. The van der Waals surface area contributed by atoms with E-state index in [1.165, 1.54) is 11.8 Å². The zero-order valence-corrected chi connectivity index (χ0v) is 21.5. The minimum absolute atomic E-state index is 0.0644. The number of aromatic nitrogens is 2. The molecule has 0 aliphatic carbocycles. The van der Waals surface area contributed by atoms with Crippen LogP contribution in [0.3, 0.4) is 0 Å². The SMILES string of the molecule is CCN(CC)c1ccc(/C=N/NC(=O)CSc2nc3ccccc3c(=O)n2-c2ccccc2C)cc1. The lowest BCUT2D eigenvalue weighted by Crippen LogP contribution is -2.24. The van der Waals surface area contributed by atoms with Crippen LogP contribution in [0.1, 0.15) is 25.0 Å². The number of amides is 1. The zero-order valence-electron chi connectivity index (χ0n) is 20.6. The summed E-state index contributed by atoms with van der Waals surface area (Å²) in [6.07, 6.45) is 1.62. The van der Waals surface area contributed by atoms with Crippen LogP contribution >= 0.6 is 11.8 Å². The quantitative estimate of drug-likeness (QED) is 0.155. The molecule has 0 bridgehead atoms. The van der Waals surface area contributed by atoms with Crippen LogP contribution in [0.2, 0.25) is 0 Å². The van der Waals surface area contributed by atoms with E-state index in [1.54, 1.807) is 22.9 Å². The lowest BCUT2D eigenvalue weighted by molar-refractivity contribution is -0.118. The lowest BCUT2D eigenvalue weighted by atomic mass is 10.2. The van der Waals surface area contributed by atoms with E-state index < -0.39 is 0 Å². The highest BCUT2D eigenvalue weighted by molar-refractivity contribution is 7.99. The van der Waals surface area contributed by atoms with Crippen molar-refractivity contribution < 1.29 is 4.79 Å². The van der Waals surface area contributed by atoms with Gasteiger partial charge in [0.15, 0.2) is 5.16 Å². The summed E-state index contributed by atoms with van der Waals surface area (Å²) in [6, 6.07) is 22.9. The molecule has 1 heterocycles. The number of carbonyl (C=O) groups is 1. The molecule has 3 aromatic carbocycles. The fourth-order valence-corrected chi connectivity index (χ4v) is 4.74. The molecule has 0 unspecified atom stereocenters. The molecule has 0 spiro atoms. The van der Waals surface area contributed by atoms with Crippen molar-refractivity contribution in [1.29, 1.82) is 0 Å². The Balaban J connectivity index is 1.48. The molecule has 0 aliphatic rings. The first-order valence-corrected chi connectivity index (χ1v) is 12.9. The number of para-hydroxylation sites is 2. The zero-order chi connectivity index (χ0) is 25.5. The van der Waals surface area contributed by atoms with E-state index in [2.05, 4.69) is 29.3 Å². The van der Waals surface area contributed by atoms with Crippen molar-refractivity contribution >= 4 is 40.5 Å². The smallest absolute Gasteiger partial charge is 0.266 e. The number of nitrogens with one attached hydrogen (secondary N) is 1. The Bertz CT molecular complexity index is 1440. The van der Waals surface area contributed by atoms with Crippen molar-refractivity contribution in [3.63, 3.8) is 0 Å². The number of nitrogens with zero attached hydrogens (tertiary/aromatic N) is 4. The topological polar surface area (TPSA) is 79.6 Å². The highest BCUT2D eigenvalue weighted by Crippen LogP contribution is 2.23. The van der Waals surface area contributed by atoms with Gasteiger partial charge in [-0.05, 0) is 62.2 Å². The van der Waals surface area contributed by atoms with Gasteiger partial charge in [0.05, 0.1) is 28.6 Å². The number of fused-ring (bicyclic) bond motifs is 1. The van der Waals surface area contributed by atoms with Crippen molar-refractivity contribution in [3.8, 4) is 5.69 Å². The molecule has 184 valence electrons. The van der Waals surface area contributed by atoms with Gasteiger partial charge in [0.1, 0.15) is 0 Å². The normalized spacial score (nSPS) is 11.2. The first-order valence-electron chi connectivity index (χ1n) is 11.9. The lowest BCUT2D eigenvalue weighted by Gasteiger charge is -2.20. The molecule has 1 amide bonds. The Labute approximate surface area is 214 Å². The third kappa shape index (κ3) is 5.66. The molecule has 36 heavy (non-hydrogen) atoms. The Kier molecular flexibility index (Phi) is 8.17. The van der Waals surface area contributed by atoms with Gasteiger partial charge in [-0.2, -0.15) is 5.10 Å². The summed E-state index contributed by atoms with van der Waals surface area (Å²) in [5.74, 6) is -0.218. The van der Waals surface area contributed by atoms with Crippen molar-refractivity contribution in [2.24, 2.45) is 5.10 Å². The van der Waals surface area contributed by atoms with Crippen molar-refractivity contribution in [3.05, 3.63) is 94.3 Å². The monoisotopic (exact) mass is 499 g/mol. The standard InChI is InChI=1S/C28H29N5O2S/c1-4-32(5-2)22-16-14-21(15-17-22)18-29-31-26(34)19-36-28-30-24-12-8-7-11-23(24)27(35)33(28)25-13-9-6-10-20(25)3/h6-18H,4-5,19H2,1-3H3,(H,31,34)/b29-18+. The summed E-state index contributed by atoms with van der Waals surface area (Å²) >= 11 is 1.20. The third-order valence-electron chi connectivity index (χ3n) is 5.86. The van der Waals surface area contributed by atoms with Crippen LogP contribution in [0.5, 0.6) is 0 Å². The summed E-state index contributed by atoms with van der Waals surface area (Å²) in [5, 5.41) is 5.08. The minimum Gasteiger partial charge on any atom is -0.372 e. The summed E-state index contributed by atoms with van der Waals surface area (Å²) < 4.78 is 1.58. The van der Waals surface area contributed by atoms with Gasteiger partial charge in [-0.1, -0.05) is 54.2 Å². The Morgan fingerprint density at radius 2 is 1.72 bits per heavy atom. The maximum Gasteiger partial charge on any atom is 0.266 e. The van der Waals surface area contributed by atoms with Crippen molar-refractivity contribution in [2.75, 3.05) is 23.7 Å². The molecule has 0 saturated carbocycles. The van der Waals surface area contributed by atoms with Crippen LogP contribution in [0.4, 0.5) is 5.69 Å². The molecule has 4 rings (SSSR count). The van der Waals surface area contributed by atoms with E-state index in [0.29, 0.717) is 16.1 Å². The number of hydrogen-bond acceptors (Lipinski definition) is 6. The first kappa shape index (κ1) is 25.2. The average molecular weight is 500 g/mol. The largest absolute Gasteiger partial charge is 0.372 e. The highest BCUT2D eigenvalue weighted by atomic mass is 32.2. The van der Waals surface area contributed by atoms with Gasteiger partial charge in [-0.25, -0.2) is 10.4 Å². The van der Waals surface area contributed by atoms with Crippen LogP contribution < -0.4 is 15.9 Å². The van der Waals surface area contributed by atoms with E-state index in [1.807, 2.05) is 67.6 Å². The predicted octanol–water partition coefficient (Wildman–Crippen LogP) is 4.78. The second-order valence-electron chi connectivity index (χ2n) is 8.18. The number of carbonyl (C=O) groups excluding carboxylic acids is 1. The number of aryl methyl sites for hydroxylation is 1. The van der Waals surface area contributed by atoms with Gasteiger partial charge in [0.2, 0.25) is 0 Å². The maximum absolute atomic E-state index is 13.4. The summed E-state index contributed by atoms with van der Waals surface area (Å²) in [5.41, 5.74) is 6.74. The number of hydrogen-bond donors (Lipinski definition) is 1. The van der Waals surface area contributed by atoms with Crippen LogP contribution in [-0.4, -0.2) is 40.5 Å². The van der Waals surface area contributed by atoms with Gasteiger partial charge in [0.25, 0.3) is 11.5 Å². The Hall–Kier alpha value is -3.91. The predicted molar refractivity (Wildman–Crippen MR) is 149 cm³/mol. The van der Waals surface area contributed by atoms with Crippen molar-refractivity contribution in [1.82, 2.24) is 15.0 Å². The minimum atomic E-state index is -0.283. The van der Waals surface area contributed by atoms with E-state index in [4.69, 9.17) is 4.98 Å². The van der Waals surface area contributed by atoms with E-state index in [0.717, 1.165) is 35.6 Å². The molecule has 8 heteroatoms. The average Bonchev–Trinajstić information content (AvgIpc) is 2.90. The molecule has 0 radical (unpaired) electrons. The third-order valence-corrected chi connectivity index (χ3v) is 6.80. The number of hydrazone groups is 1. The van der Waals surface area contributed by atoms with Crippen molar-refractivity contribution in [2.45, 2.75) is 25.9 Å². The molecule has 0 atom stereocenters. The fraction of sp³-hybridized carbons (Fsp3) is 0.214. The molecule has 1 N–H and O–H groups in total. The van der Waals surface area contributed by atoms with E-state index >= 15 is 0 Å².